The minimum Gasteiger partial charge on any atom is -0.457 e. The second kappa shape index (κ2) is 5.51. The van der Waals surface area contributed by atoms with E-state index in [1.54, 1.807) is 6.92 Å². The van der Waals surface area contributed by atoms with E-state index in [0.717, 1.165) is 17.1 Å². The monoisotopic (exact) mass is 340 g/mol. The number of hydrogen-bond acceptors (Lipinski definition) is 2. The van der Waals surface area contributed by atoms with Crippen molar-refractivity contribution >= 4 is 22.6 Å². The fourth-order valence-electron chi connectivity index (χ4n) is 1.45. The van der Waals surface area contributed by atoms with Crippen LogP contribution in [0.25, 0.3) is 0 Å². The van der Waals surface area contributed by atoms with Crippen molar-refractivity contribution in [1.29, 1.82) is 0 Å². The second-order valence-electron chi connectivity index (χ2n) is 3.80. The molecule has 0 saturated heterocycles. The van der Waals surface area contributed by atoms with E-state index < -0.39 is 6.10 Å². The Morgan fingerprint density at radius 1 is 0.941 bits per heavy atom. The topological polar surface area (TPSA) is 29.5 Å². The number of hydrogen-bond donors (Lipinski definition) is 1. The lowest BCUT2D eigenvalue weighted by molar-refractivity contribution is 0.199. The van der Waals surface area contributed by atoms with Crippen LogP contribution in [-0.2, 0) is 0 Å². The van der Waals surface area contributed by atoms with E-state index in [2.05, 4.69) is 22.6 Å². The first-order chi connectivity index (χ1) is 8.15. The predicted molar refractivity (Wildman–Crippen MR) is 76.3 cm³/mol. The lowest BCUT2D eigenvalue weighted by Crippen LogP contribution is -1.90. The average molecular weight is 340 g/mol. The van der Waals surface area contributed by atoms with E-state index in [9.17, 15) is 5.11 Å². The summed E-state index contributed by atoms with van der Waals surface area (Å²) < 4.78 is 6.86. The van der Waals surface area contributed by atoms with Crippen LogP contribution in [0.1, 0.15) is 18.6 Å². The quantitative estimate of drug-likeness (QED) is 0.851. The number of halogens is 1. The highest BCUT2D eigenvalue weighted by molar-refractivity contribution is 14.1. The summed E-state index contributed by atoms with van der Waals surface area (Å²) in [6, 6.07) is 15.3. The third-order valence-corrected chi connectivity index (χ3v) is 3.13. The fraction of sp³-hybridized carbons (Fsp3) is 0.143. The Bertz CT molecular complexity index is 475. The summed E-state index contributed by atoms with van der Waals surface area (Å²) in [6.07, 6.45) is -0.442. The predicted octanol–water partition coefficient (Wildman–Crippen LogP) is 4.14. The summed E-state index contributed by atoms with van der Waals surface area (Å²) in [5.41, 5.74) is 0.889. The van der Waals surface area contributed by atoms with Gasteiger partial charge in [-0.3, -0.25) is 0 Å². The van der Waals surface area contributed by atoms with Crippen molar-refractivity contribution in [2.45, 2.75) is 13.0 Å². The lowest BCUT2D eigenvalue weighted by Gasteiger charge is -2.08. The molecule has 0 radical (unpaired) electrons. The molecular weight excluding hydrogens is 327 g/mol. The summed E-state index contributed by atoms with van der Waals surface area (Å²) in [7, 11) is 0. The standard InChI is InChI=1S/C14H13IO2/c1-10(16)11-2-6-13(7-3-11)17-14-8-4-12(15)5-9-14/h2-10,16H,1H3/t10-/m1/s1. The van der Waals surface area contributed by atoms with Crippen molar-refractivity contribution < 1.29 is 9.84 Å². The van der Waals surface area contributed by atoms with E-state index in [1.165, 1.54) is 3.57 Å². The maximum absolute atomic E-state index is 9.39. The third-order valence-electron chi connectivity index (χ3n) is 2.41. The molecule has 0 amide bonds. The van der Waals surface area contributed by atoms with Crippen LogP contribution in [0.15, 0.2) is 48.5 Å². The Labute approximate surface area is 114 Å². The molecule has 2 aromatic rings. The fourth-order valence-corrected chi connectivity index (χ4v) is 1.81. The molecule has 3 heteroatoms. The molecule has 2 nitrogen and oxygen atoms in total. The number of aliphatic hydroxyl groups is 1. The van der Waals surface area contributed by atoms with Gasteiger partial charge >= 0.3 is 0 Å². The molecule has 17 heavy (non-hydrogen) atoms. The van der Waals surface area contributed by atoms with Gasteiger partial charge in [-0.2, -0.15) is 0 Å². The van der Waals surface area contributed by atoms with Crippen LogP contribution in [0.4, 0.5) is 0 Å². The van der Waals surface area contributed by atoms with Crippen LogP contribution < -0.4 is 4.74 Å². The zero-order chi connectivity index (χ0) is 12.3. The highest BCUT2D eigenvalue weighted by Crippen LogP contribution is 2.23. The van der Waals surface area contributed by atoms with Gasteiger partial charge in [-0.15, -0.1) is 0 Å². The molecule has 0 saturated carbocycles. The zero-order valence-electron chi connectivity index (χ0n) is 9.43. The highest BCUT2D eigenvalue weighted by atomic mass is 127. The zero-order valence-corrected chi connectivity index (χ0v) is 11.6. The largest absolute Gasteiger partial charge is 0.457 e. The van der Waals surface area contributed by atoms with Gasteiger partial charge in [-0.05, 0) is 71.5 Å². The summed E-state index contributed by atoms with van der Waals surface area (Å²) in [5.74, 6) is 1.59. The van der Waals surface area contributed by atoms with E-state index in [1.807, 2.05) is 48.5 Å². The molecule has 0 aromatic heterocycles. The Balaban J connectivity index is 2.11. The molecule has 0 spiro atoms. The molecule has 0 aliphatic rings. The van der Waals surface area contributed by atoms with Gasteiger partial charge in [0.2, 0.25) is 0 Å². The summed E-state index contributed by atoms with van der Waals surface area (Å²) >= 11 is 2.26. The maximum Gasteiger partial charge on any atom is 0.127 e. The van der Waals surface area contributed by atoms with E-state index >= 15 is 0 Å². The van der Waals surface area contributed by atoms with Gasteiger partial charge < -0.3 is 9.84 Å². The van der Waals surface area contributed by atoms with Crippen molar-refractivity contribution in [3.05, 3.63) is 57.7 Å². The molecule has 2 aromatic carbocycles. The molecule has 0 aliphatic carbocycles. The Kier molecular flexibility index (Phi) is 4.02. The first-order valence-corrected chi connectivity index (χ1v) is 6.44. The Hall–Kier alpha value is -1.07. The van der Waals surface area contributed by atoms with Crippen LogP contribution in [0.3, 0.4) is 0 Å². The van der Waals surface area contributed by atoms with Gasteiger partial charge in [0, 0.05) is 3.57 Å². The molecule has 0 unspecified atom stereocenters. The van der Waals surface area contributed by atoms with Crippen LogP contribution in [0.5, 0.6) is 11.5 Å². The smallest absolute Gasteiger partial charge is 0.127 e. The summed E-state index contributed by atoms with van der Waals surface area (Å²) in [5, 5.41) is 9.39. The van der Waals surface area contributed by atoms with E-state index in [-0.39, 0.29) is 0 Å². The van der Waals surface area contributed by atoms with Crippen LogP contribution >= 0.6 is 22.6 Å². The minimum atomic E-state index is -0.442. The molecule has 88 valence electrons. The molecule has 2 rings (SSSR count). The van der Waals surface area contributed by atoms with Gasteiger partial charge in [0.15, 0.2) is 0 Å². The second-order valence-corrected chi connectivity index (χ2v) is 5.05. The molecule has 0 heterocycles. The average Bonchev–Trinajstić information content (AvgIpc) is 2.33. The first kappa shape index (κ1) is 12.4. The molecule has 0 aliphatic heterocycles. The lowest BCUT2D eigenvalue weighted by atomic mass is 10.1. The molecular formula is C14H13IO2. The van der Waals surface area contributed by atoms with Crippen molar-refractivity contribution in [1.82, 2.24) is 0 Å². The van der Waals surface area contributed by atoms with Gasteiger partial charge in [-0.1, -0.05) is 12.1 Å². The Morgan fingerprint density at radius 3 is 1.88 bits per heavy atom. The van der Waals surface area contributed by atoms with E-state index in [4.69, 9.17) is 4.74 Å². The van der Waals surface area contributed by atoms with Crippen LogP contribution in [-0.4, -0.2) is 5.11 Å². The van der Waals surface area contributed by atoms with Crippen molar-refractivity contribution in [3.63, 3.8) is 0 Å². The van der Waals surface area contributed by atoms with Gasteiger partial charge in [0.05, 0.1) is 6.10 Å². The van der Waals surface area contributed by atoms with Gasteiger partial charge in [0.25, 0.3) is 0 Å². The number of rotatable bonds is 3. The molecule has 1 atom stereocenters. The minimum absolute atomic E-state index is 0.442. The molecule has 1 N–H and O–H groups in total. The number of aliphatic hydroxyl groups excluding tert-OH is 1. The van der Waals surface area contributed by atoms with Gasteiger partial charge in [0.1, 0.15) is 11.5 Å². The maximum atomic E-state index is 9.39. The van der Waals surface area contributed by atoms with Crippen LogP contribution in [0.2, 0.25) is 0 Å². The van der Waals surface area contributed by atoms with Crippen molar-refractivity contribution in [2.24, 2.45) is 0 Å². The van der Waals surface area contributed by atoms with Gasteiger partial charge in [-0.25, -0.2) is 0 Å². The molecule has 0 fully saturated rings. The first-order valence-electron chi connectivity index (χ1n) is 5.36. The summed E-state index contributed by atoms with van der Waals surface area (Å²) in [4.78, 5) is 0. The third kappa shape index (κ3) is 3.44. The highest BCUT2D eigenvalue weighted by Gasteiger charge is 2.01. The SMILES string of the molecule is C[C@@H](O)c1ccc(Oc2ccc(I)cc2)cc1. The Morgan fingerprint density at radius 2 is 1.41 bits per heavy atom. The normalized spacial score (nSPS) is 12.2. The number of ether oxygens (including phenoxy) is 1. The molecule has 0 bridgehead atoms. The van der Waals surface area contributed by atoms with Crippen molar-refractivity contribution in [3.8, 4) is 11.5 Å². The summed E-state index contributed by atoms with van der Waals surface area (Å²) in [6.45, 7) is 1.75. The number of benzene rings is 2. The van der Waals surface area contributed by atoms with E-state index in [0.29, 0.717) is 0 Å². The van der Waals surface area contributed by atoms with Crippen LogP contribution in [0, 0.1) is 3.57 Å². The van der Waals surface area contributed by atoms with Crippen molar-refractivity contribution in [2.75, 3.05) is 0 Å².